The van der Waals surface area contributed by atoms with Gasteiger partial charge in [-0.25, -0.2) is 0 Å². The van der Waals surface area contributed by atoms with Gasteiger partial charge in [0.05, 0.1) is 5.60 Å². The summed E-state index contributed by atoms with van der Waals surface area (Å²) in [6, 6.07) is 0. The Bertz CT molecular complexity index is 211. The molecule has 1 aliphatic rings. The summed E-state index contributed by atoms with van der Waals surface area (Å²) < 4.78 is 0. The lowest BCUT2D eigenvalue weighted by atomic mass is 9.97. The van der Waals surface area contributed by atoms with Crippen LogP contribution in [0.1, 0.15) is 40.0 Å². The van der Waals surface area contributed by atoms with E-state index in [1.165, 1.54) is 0 Å². The zero-order valence-corrected chi connectivity index (χ0v) is 9.34. The van der Waals surface area contributed by atoms with Crippen molar-refractivity contribution >= 4 is 5.91 Å². The Labute approximate surface area is 85.9 Å². The van der Waals surface area contributed by atoms with Crippen LogP contribution in [0, 0.1) is 11.8 Å². The molecule has 2 N–H and O–H groups in total. The topological polar surface area (TPSA) is 49.3 Å². The summed E-state index contributed by atoms with van der Waals surface area (Å²) in [6.45, 7) is 6.35. The van der Waals surface area contributed by atoms with E-state index in [0.29, 0.717) is 25.3 Å². The van der Waals surface area contributed by atoms with Crippen LogP contribution < -0.4 is 5.32 Å². The lowest BCUT2D eigenvalue weighted by molar-refractivity contribution is -0.123. The minimum absolute atomic E-state index is 0.109. The highest BCUT2D eigenvalue weighted by Crippen LogP contribution is 2.37. The molecule has 0 aromatic heterocycles. The Morgan fingerprint density at radius 2 is 2.00 bits per heavy atom. The molecule has 0 bridgehead atoms. The molecule has 0 aromatic carbocycles. The quantitative estimate of drug-likeness (QED) is 0.701. The maximum absolute atomic E-state index is 11.5. The second-order valence-electron chi connectivity index (χ2n) is 4.47. The van der Waals surface area contributed by atoms with Crippen LogP contribution in [0.25, 0.3) is 0 Å². The summed E-state index contributed by atoms with van der Waals surface area (Å²) in [5, 5.41) is 12.8. The third-order valence-corrected chi connectivity index (χ3v) is 3.35. The highest BCUT2D eigenvalue weighted by atomic mass is 16.3. The molecule has 3 nitrogen and oxygen atoms in total. The van der Waals surface area contributed by atoms with Gasteiger partial charge >= 0.3 is 0 Å². The van der Waals surface area contributed by atoms with Gasteiger partial charge < -0.3 is 10.4 Å². The summed E-state index contributed by atoms with van der Waals surface area (Å²) in [7, 11) is 0. The average molecular weight is 199 g/mol. The first-order valence-corrected chi connectivity index (χ1v) is 5.52. The molecule has 1 rings (SSSR count). The van der Waals surface area contributed by atoms with Gasteiger partial charge in [0, 0.05) is 12.5 Å². The molecule has 1 saturated carbocycles. The molecule has 0 radical (unpaired) electrons. The number of hydrogen-bond acceptors (Lipinski definition) is 2. The second kappa shape index (κ2) is 4.30. The van der Waals surface area contributed by atoms with Crippen LogP contribution in [0.5, 0.6) is 0 Å². The number of carbonyl (C=O) groups excluding carboxylic acids is 1. The van der Waals surface area contributed by atoms with Crippen molar-refractivity contribution in [3.8, 4) is 0 Å². The number of hydrogen-bond donors (Lipinski definition) is 2. The number of nitrogens with one attached hydrogen (secondary N) is 1. The van der Waals surface area contributed by atoms with Crippen LogP contribution in [0.15, 0.2) is 0 Å². The van der Waals surface area contributed by atoms with Crippen LogP contribution in [0.2, 0.25) is 0 Å². The number of aliphatic hydroxyl groups is 1. The van der Waals surface area contributed by atoms with E-state index in [-0.39, 0.29) is 11.8 Å². The summed E-state index contributed by atoms with van der Waals surface area (Å²) in [5.41, 5.74) is -0.714. The Morgan fingerprint density at radius 1 is 1.50 bits per heavy atom. The van der Waals surface area contributed by atoms with Gasteiger partial charge in [0.15, 0.2) is 0 Å². The predicted molar refractivity (Wildman–Crippen MR) is 55.8 cm³/mol. The Balaban J connectivity index is 2.28. The smallest absolute Gasteiger partial charge is 0.223 e. The minimum Gasteiger partial charge on any atom is -0.388 e. The minimum atomic E-state index is -0.714. The Kier molecular flexibility index (Phi) is 3.53. The molecule has 0 heterocycles. The van der Waals surface area contributed by atoms with Crippen molar-refractivity contribution in [1.29, 1.82) is 0 Å². The average Bonchev–Trinajstić information content (AvgIpc) is 2.91. The molecule has 0 aliphatic heterocycles. The molecule has 1 aliphatic carbocycles. The van der Waals surface area contributed by atoms with Crippen molar-refractivity contribution in [3.05, 3.63) is 0 Å². The molecule has 2 unspecified atom stereocenters. The third kappa shape index (κ3) is 2.71. The normalized spacial score (nSPS) is 26.0. The monoisotopic (exact) mass is 199 g/mol. The molecular weight excluding hydrogens is 178 g/mol. The molecule has 1 fully saturated rings. The predicted octanol–water partition coefficient (Wildman–Crippen LogP) is 1.31. The summed E-state index contributed by atoms with van der Waals surface area (Å²) in [5.74, 6) is 0.845. The fourth-order valence-electron chi connectivity index (χ4n) is 1.57. The van der Waals surface area contributed by atoms with Crippen molar-refractivity contribution in [2.75, 3.05) is 6.54 Å². The standard InChI is InChI=1S/C11H21NO2/c1-4-11(14,5-2)7-12-10(13)9-6-8(9)3/h8-9,14H,4-7H2,1-3H3,(H,12,13). The maximum atomic E-state index is 11.5. The van der Waals surface area contributed by atoms with Crippen molar-refractivity contribution in [2.45, 2.75) is 45.6 Å². The highest BCUT2D eigenvalue weighted by Gasteiger charge is 2.39. The molecule has 0 saturated heterocycles. The van der Waals surface area contributed by atoms with Crippen molar-refractivity contribution in [2.24, 2.45) is 11.8 Å². The van der Waals surface area contributed by atoms with E-state index < -0.39 is 5.60 Å². The third-order valence-electron chi connectivity index (χ3n) is 3.35. The summed E-state index contributed by atoms with van der Waals surface area (Å²) in [6.07, 6.45) is 2.37. The second-order valence-corrected chi connectivity index (χ2v) is 4.47. The van der Waals surface area contributed by atoms with Gasteiger partial charge in [-0.3, -0.25) is 4.79 Å². The van der Waals surface area contributed by atoms with Crippen LogP contribution in [-0.2, 0) is 4.79 Å². The zero-order valence-electron chi connectivity index (χ0n) is 9.34. The van der Waals surface area contributed by atoms with Crippen LogP contribution in [-0.4, -0.2) is 23.2 Å². The van der Waals surface area contributed by atoms with Gasteiger partial charge in [-0.1, -0.05) is 20.8 Å². The first kappa shape index (κ1) is 11.5. The lowest BCUT2D eigenvalue weighted by Gasteiger charge is -2.25. The van der Waals surface area contributed by atoms with Gasteiger partial charge in [0.1, 0.15) is 0 Å². The van der Waals surface area contributed by atoms with Crippen LogP contribution >= 0.6 is 0 Å². The van der Waals surface area contributed by atoms with Gasteiger partial charge in [0.2, 0.25) is 5.91 Å². The van der Waals surface area contributed by atoms with E-state index in [1.54, 1.807) is 0 Å². The van der Waals surface area contributed by atoms with Crippen LogP contribution in [0.3, 0.4) is 0 Å². The van der Waals surface area contributed by atoms with Crippen molar-refractivity contribution in [1.82, 2.24) is 5.32 Å². The van der Waals surface area contributed by atoms with E-state index >= 15 is 0 Å². The largest absolute Gasteiger partial charge is 0.388 e. The fourth-order valence-corrected chi connectivity index (χ4v) is 1.57. The zero-order chi connectivity index (χ0) is 10.8. The molecule has 1 amide bonds. The molecule has 0 aromatic rings. The van der Waals surface area contributed by atoms with E-state index in [4.69, 9.17) is 0 Å². The summed E-state index contributed by atoms with van der Waals surface area (Å²) >= 11 is 0. The van der Waals surface area contributed by atoms with Crippen LogP contribution in [0.4, 0.5) is 0 Å². The molecule has 2 atom stereocenters. The van der Waals surface area contributed by atoms with Crippen molar-refractivity contribution < 1.29 is 9.90 Å². The highest BCUT2D eigenvalue weighted by molar-refractivity contribution is 5.81. The molecule has 3 heteroatoms. The number of rotatable bonds is 5. The Hall–Kier alpha value is -0.570. The van der Waals surface area contributed by atoms with Crippen molar-refractivity contribution in [3.63, 3.8) is 0 Å². The molecule has 14 heavy (non-hydrogen) atoms. The van der Waals surface area contributed by atoms with Gasteiger partial charge in [-0.15, -0.1) is 0 Å². The van der Waals surface area contributed by atoms with E-state index in [2.05, 4.69) is 12.2 Å². The number of carbonyl (C=O) groups is 1. The van der Waals surface area contributed by atoms with E-state index in [1.807, 2.05) is 13.8 Å². The first-order valence-electron chi connectivity index (χ1n) is 5.52. The molecule has 0 spiro atoms. The maximum Gasteiger partial charge on any atom is 0.223 e. The van der Waals surface area contributed by atoms with Gasteiger partial charge in [0.25, 0.3) is 0 Å². The van der Waals surface area contributed by atoms with E-state index in [9.17, 15) is 9.90 Å². The van der Waals surface area contributed by atoms with Gasteiger partial charge in [-0.2, -0.15) is 0 Å². The van der Waals surface area contributed by atoms with E-state index in [0.717, 1.165) is 6.42 Å². The first-order chi connectivity index (χ1) is 6.52. The molecule has 82 valence electrons. The van der Waals surface area contributed by atoms with Gasteiger partial charge in [-0.05, 0) is 25.2 Å². The Morgan fingerprint density at radius 3 is 2.36 bits per heavy atom. The number of amides is 1. The fraction of sp³-hybridized carbons (Fsp3) is 0.909. The summed E-state index contributed by atoms with van der Waals surface area (Å²) in [4.78, 5) is 11.5. The lowest BCUT2D eigenvalue weighted by Crippen LogP contribution is -2.42. The molecular formula is C11H21NO2. The SMILES string of the molecule is CCC(O)(CC)CNC(=O)C1CC1C.